The second-order valence-electron chi connectivity index (χ2n) is 4.01. The molecule has 0 radical (unpaired) electrons. The predicted molar refractivity (Wildman–Crippen MR) is 66.5 cm³/mol. The number of aromatic amines is 1. The van der Waals surface area contributed by atoms with E-state index in [-0.39, 0.29) is 16.3 Å². The fraction of sp³-hybridized carbons (Fsp3) is 0.182. The molecular formula is C11H12FN3O3S. The summed E-state index contributed by atoms with van der Waals surface area (Å²) in [5.74, 6) is -0.537. The molecule has 6 nitrogen and oxygen atoms in total. The van der Waals surface area contributed by atoms with Crippen molar-refractivity contribution in [2.24, 2.45) is 0 Å². The zero-order chi connectivity index (χ0) is 14.0. The predicted octanol–water partition coefficient (Wildman–Crippen LogP) is 1.15. The number of halogens is 1. The van der Waals surface area contributed by atoms with Crippen molar-refractivity contribution < 1.29 is 17.9 Å². The molecule has 0 amide bonds. The quantitative estimate of drug-likeness (QED) is 0.785. The van der Waals surface area contributed by atoms with E-state index >= 15 is 0 Å². The summed E-state index contributed by atoms with van der Waals surface area (Å²) in [4.78, 5) is 0. The van der Waals surface area contributed by atoms with Gasteiger partial charge in [0.15, 0.2) is 5.03 Å². The van der Waals surface area contributed by atoms with Gasteiger partial charge >= 0.3 is 0 Å². The number of H-pyrrole nitrogens is 1. The molecule has 1 aromatic carbocycles. The zero-order valence-electron chi connectivity index (χ0n) is 10.0. The Morgan fingerprint density at radius 2 is 2.16 bits per heavy atom. The summed E-state index contributed by atoms with van der Waals surface area (Å²) in [5, 5.41) is 14.6. The van der Waals surface area contributed by atoms with Gasteiger partial charge in [0.2, 0.25) is 0 Å². The van der Waals surface area contributed by atoms with E-state index in [0.717, 1.165) is 6.07 Å². The molecule has 0 saturated heterocycles. The summed E-state index contributed by atoms with van der Waals surface area (Å²) in [5.41, 5.74) is 0.835. The van der Waals surface area contributed by atoms with Crippen LogP contribution in [0.1, 0.15) is 11.1 Å². The number of sulfonamides is 1. The molecule has 0 saturated carbocycles. The Morgan fingerprint density at radius 3 is 2.79 bits per heavy atom. The second-order valence-corrected chi connectivity index (χ2v) is 5.62. The molecule has 3 N–H and O–H groups in total. The number of rotatable bonds is 4. The first-order chi connectivity index (χ1) is 8.92. The number of benzene rings is 1. The molecule has 8 heteroatoms. The third-order valence-corrected chi connectivity index (χ3v) is 3.81. The number of anilines is 1. The Balaban J connectivity index is 2.36. The largest absolute Gasteiger partial charge is 0.392 e. The van der Waals surface area contributed by atoms with Gasteiger partial charge in [0.25, 0.3) is 10.0 Å². The summed E-state index contributed by atoms with van der Waals surface area (Å²) >= 11 is 0. The first-order valence-corrected chi connectivity index (χ1v) is 6.84. The van der Waals surface area contributed by atoms with Crippen molar-refractivity contribution in [3.63, 3.8) is 0 Å². The highest BCUT2D eigenvalue weighted by Crippen LogP contribution is 2.19. The maximum Gasteiger partial charge on any atom is 0.279 e. The van der Waals surface area contributed by atoms with Gasteiger partial charge in [0.05, 0.1) is 18.5 Å². The molecule has 2 aromatic rings. The summed E-state index contributed by atoms with van der Waals surface area (Å²) < 4.78 is 39.5. The second kappa shape index (κ2) is 4.98. The molecular weight excluding hydrogens is 273 g/mol. The van der Waals surface area contributed by atoms with E-state index in [2.05, 4.69) is 14.9 Å². The molecule has 0 aliphatic rings. The van der Waals surface area contributed by atoms with E-state index in [1.165, 1.54) is 18.3 Å². The number of aryl methyl sites for hydroxylation is 1. The van der Waals surface area contributed by atoms with Gasteiger partial charge in [-0.1, -0.05) is 0 Å². The minimum Gasteiger partial charge on any atom is -0.392 e. The summed E-state index contributed by atoms with van der Waals surface area (Å²) in [6.45, 7) is 1.19. The van der Waals surface area contributed by atoms with Crippen LogP contribution in [0.5, 0.6) is 0 Å². The van der Waals surface area contributed by atoms with Crippen molar-refractivity contribution in [2.45, 2.75) is 18.6 Å². The van der Waals surface area contributed by atoms with Crippen LogP contribution in [0.3, 0.4) is 0 Å². The minimum atomic E-state index is -3.94. The first-order valence-electron chi connectivity index (χ1n) is 5.35. The van der Waals surface area contributed by atoms with E-state index in [1.807, 2.05) is 0 Å². The van der Waals surface area contributed by atoms with Crippen LogP contribution in [0.2, 0.25) is 0 Å². The Bertz CT molecular complexity index is 677. The van der Waals surface area contributed by atoms with Crippen LogP contribution in [0.25, 0.3) is 0 Å². The van der Waals surface area contributed by atoms with Crippen molar-refractivity contribution in [2.75, 3.05) is 4.72 Å². The Morgan fingerprint density at radius 1 is 1.42 bits per heavy atom. The maximum absolute atomic E-state index is 13.2. The molecule has 0 spiro atoms. The molecule has 0 fully saturated rings. The monoisotopic (exact) mass is 285 g/mol. The first kappa shape index (κ1) is 13.5. The van der Waals surface area contributed by atoms with Gasteiger partial charge in [-0.2, -0.15) is 13.5 Å². The molecule has 1 heterocycles. The highest BCUT2D eigenvalue weighted by Gasteiger charge is 2.20. The molecule has 0 aliphatic carbocycles. The Kier molecular flexibility index (Phi) is 3.54. The summed E-state index contributed by atoms with van der Waals surface area (Å²) in [6, 6.07) is 3.85. The van der Waals surface area contributed by atoms with Crippen molar-refractivity contribution >= 4 is 15.7 Å². The van der Waals surface area contributed by atoms with Crippen LogP contribution in [0.15, 0.2) is 29.4 Å². The average molecular weight is 285 g/mol. The molecule has 0 atom stereocenters. The van der Waals surface area contributed by atoms with Gasteiger partial charge in [-0.05, 0) is 30.7 Å². The Labute approximate surface area is 109 Å². The van der Waals surface area contributed by atoms with Gasteiger partial charge < -0.3 is 5.11 Å². The molecule has 102 valence electrons. The third-order valence-electron chi connectivity index (χ3n) is 2.41. The fourth-order valence-electron chi connectivity index (χ4n) is 1.65. The highest BCUT2D eigenvalue weighted by molar-refractivity contribution is 7.92. The lowest BCUT2D eigenvalue weighted by Crippen LogP contribution is -2.15. The van der Waals surface area contributed by atoms with Gasteiger partial charge in [-0.15, -0.1) is 0 Å². The van der Waals surface area contributed by atoms with Gasteiger partial charge in [0, 0.05) is 5.56 Å². The standard InChI is InChI=1S/C11H12FN3O3S/c1-7-2-9(12)4-10(3-7)15-19(17,18)11-8(6-16)5-13-14-11/h2-5,15-16H,6H2,1H3,(H,13,14). The average Bonchev–Trinajstić information content (AvgIpc) is 2.75. The van der Waals surface area contributed by atoms with Gasteiger partial charge in [-0.25, -0.2) is 4.39 Å². The summed E-state index contributed by atoms with van der Waals surface area (Å²) in [7, 11) is -3.94. The van der Waals surface area contributed by atoms with E-state index in [0.29, 0.717) is 5.56 Å². The van der Waals surface area contributed by atoms with E-state index in [1.54, 1.807) is 6.92 Å². The molecule has 19 heavy (non-hydrogen) atoms. The van der Waals surface area contributed by atoms with Crippen molar-refractivity contribution in [1.29, 1.82) is 0 Å². The lowest BCUT2D eigenvalue weighted by molar-refractivity contribution is 0.278. The minimum absolute atomic E-state index is 0.107. The topological polar surface area (TPSA) is 95.1 Å². The van der Waals surface area contributed by atoms with Crippen molar-refractivity contribution in [3.05, 3.63) is 41.3 Å². The number of nitrogens with one attached hydrogen (secondary N) is 2. The van der Waals surface area contributed by atoms with E-state index in [4.69, 9.17) is 5.11 Å². The SMILES string of the molecule is Cc1cc(F)cc(NS(=O)(=O)c2[nH]ncc2CO)c1. The fourth-order valence-corrected chi connectivity index (χ4v) is 2.81. The third kappa shape index (κ3) is 2.91. The van der Waals surface area contributed by atoms with E-state index < -0.39 is 22.4 Å². The molecule has 1 aromatic heterocycles. The number of hydrogen-bond donors (Lipinski definition) is 3. The zero-order valence-corrected chi connectivity index (χ0v) is 10.8. The lowest BCUT2D eigenvalue weighted by Gasteiger charge is -2.08. The normalized spacial score (nSPS) is 11.5. The molecule has 0 aliphatic heterocycles. The van der Waals surface area contributed by atoms with Crippen LogP contribution < -0.4 is 4.72 Å². The number of nitrogens with zero attached hydrogens (tertiary/aromatic N) is 1. The smallest absolute Gasteiger partial charge is 0.279 e. The van der Waals surface area contributed by atoms with Crippen LogP contribution >= 0.6 is 0 Å². The summed E-state index contributed by atoms with van der Waals surface area (Å²) in [6.07, 6.45) is 1.21. The van der Waals surface area contributed by atoms with Gasteiger partial charge in [0.1, 0.15) is 5.82 Å². The lowest BCUT2D eigenvalue weighted by atomic mass is 10.2. The maximum atomic E-state index is 13.2. The molecule has 0 bridgehead atoms. The van der Waals surface area contributed by atoms with E-state index in [9.17, 15) is 12.8 Å². The molecule has 2 rings (SSSR count). The van der Waals surface area contributed by atoms with Crippen LogP contribution in [0, 0.1) is 12.7 Å². The van der Waals surface area contributed by atoms with Crippen LogP contribution in [-0.2, 0) is 16.6 Å². The van der Waals surface area contributed by atoms with Crippen LogP contribution in [-0.4, -0.2) is 23.7 Å². The number of aromatic nitrogens is 2. The highest BCUT2D eigenvalue weighted by atomic mass is 32.2. The van der Waals surface area contributed by atoms with Gasteiger partial charge in [-0.3, -0.25) is 9.82 Å². The number of aliphatic hydroxyl groups excluding tert-OH is 1. The van der Waals surface area contributed by atoms with Crippen molar-refractivity contribution in [3.8, 4) is 0 Å². The number of hydrogen-bond acceptors (Lipinski definition) is 4. The van der Waals surface area contributed by atoms with Crippen molar-refractivity contribution in [1.82, 2.24) is 10.2 Å². The Hall–Kier alpha value is -1.93. The van der Waals surface area contributed by atoms with Crippen LogP contribution in [0.4, 0.5) is 10.1 Å². The number of aliphatic hydroxyl groups is 1. The molecule has 0 unspecified atom stereocenters.